The Hall–Kier alpha value is -1.60. The number of aromatic nitrogens is 1. The zero-order chi connectivity index (χ0) is 15.6. The molecule has 1 amide bonds. The van der Waals surface area contributed by atoms with Crippen LogP contribution in [0.15, 0.2) is 41.1 Å². The number of nitrogens with one attached hydrogen (secondary N) is 1. The van der Waals surface area contributed by atoms with Crippen molar-refractivity contribution in [1.82, 2.24) is 4.98 Å². The van der Waals surface area contributed by atoms with Crippen LogP contribution < -0.4 is 5.32 Å². The minimum atomic E-state index is -4.59. The van der Waals surface area contributed by atoms with Gasteiger partial charge in [0.2, 0.25) is 0 Å². The van der Waals surface area contributed by atoms with Crippen LogP contribution >= 0.6 is 27.5 Å². The van der Waals surface area contributed by atoms with Crippen LogP contribution in [0.3, 0.4) is 0 Å². The summed E-state index contributed by atoms with van der Waals surface area (Å²) >= 11 is 8.61. The van der Waals surface area contributed by atoms with Crippen LogP contribution in [0.25, 0.3) is 0 Å². The molecular formula is C13H7BrClF3N2O. The molecule has 2 rings (SSSR count). The zero-order valence-electron chi connectivity index (χ0n) is 10.2. The van der Waals surface area contributed by atoms with Crippen LogP contribution in [0.5, 0.6) is 0 Å². The molecule has 0 atom stereocenters. The Labute approximate surface area is 131 Å². The number of pyridine rings is 1. The molecule has 2 aromatic rings. The standard InChI is InChI=1S/C13H7BrClF3N2O/c14-11-5-7(3-4-19-11)12(21)20-8-1-2-10(15)9(6-8)13(16,17)18/h1-6H,(H,20,21). The molecule has 8 heteroatoms. The van der Waals surface area contributed by atoms with Crippen LogP contribution in [-0.2, 0) is 6.18 Å². The molecule has 0 aliphatic rings. The van der Waals surface area contributed by atoms with Gasteiger partial charge in [0, 0.05) is 17.4 Å². The Kier molecular flexibility index (Phi) is 4.53. The van der Waals surface area contributed by atoms with Crippen molar-refractivity contribution in [2.45, 2.75) is 6.18 Å². The van der Waals surface area contributed by atoms with E-state index < -0.39 is 22.7 Å². The highest BCUT2D eigenvalue weighted by Crippen LogP contribution is 2.36. The molecule has 0 unspecified atom stereocenters. The molecule has 1 aromatic heterocycles. The van der Waals surface area contributed by atoms with E-state index >= 15 is 0 Å². The number of anilines is 1. The molecule has 3 nitrogen and oxygen atoms in total. The maximum Gasteiger partial charge on any atom is 0.417 e. The minimum absolute atomic E-state index is 0.00431. The fourth-order valence-electron chi connectivity index (χ4n) is 1.57. The summed E-state index contributed by atoms with van der Waals surface area (Å²) in [5, 5.41) is 1.96. The van der Waals surface area contributed by atoms with Crippen molar-refractivity contribution in [3.05, 3.63) is 57.3 Å². The average molecular weight is 380 g/mol. The van der Waals surface area contributed by atoms with E-state index in [2.05, 4.69) is 26.2 Å². The Balaban J connectivity index is 2.26. The maximum atomic E-state index is 12.7. The molecule has 1 heterocycles. The lowest BCUT2D eigenvalue weighted by Gasteiger charge is -2.11. The number of carbonyl (C=O) groups is 1. The number of carbonyl (C=O) groups excluding carboxylic acids is 1. The fourth-order valence-corrected chi connectivity index (χ4v) is 2.16. The van der Waals surface area contributed by atoms with Gasteiger partial charge in [-0.1, -0.05) is 11.6 Å². The zero-order valence-corrected chi connectivity index (χ0v) is 12.6. The Bertz CT molecular complexity index is 691. The second-order valence-corrected chi connectivity index (χ2v) is 5.23. The number of alkyl halides is 3. The third-order valence-corrected chi connectivity index (χ3v) is 3.28. The van der Waals surface area contributed by atoms with Crippen molar-refractivity contribution in [2.24, 2.45) is 0 Å². The topological polar surface area (TPSA) is 42.0 Å². The molecule has 0 saturated heterocycles. The number of rotatable bonds is 2. The van der Waals surface area contributed by atoms with Gasteiger partial charge in [-0.05, 0) is 46.3 Å². The highest BCUT2D eigenvalue weighted by molar-refractivity contribution is 9.10. The van der Waals surface area contributed by atoms with Crippen molar-refractivity contribution in [2.75, 3.05) is 5.32 Å². The highest BCUT2D eigenvalue weighted by Gasteiger charge is 2.33. The number of hydrogen-bond acceptors (Lipinski definition) is 2. The largest absolute Gasteiger partial charge is 0.417 e. The van der Waals surface area contributed by atoms with E-state index in [1.165, 1.54) is 24.4 Å². The average Bonchev–Trinajstić information content (AvgIpc) is 2.39. The van der Waals surface area contributed by atoms with Crippen LogP contribution in [0.4, 0.5) is 18.9 Å². The van der Waals surface area contributed by atoms with Gasteiger partial charge in [0.25, 0.3) is 5.91 Å². The van der Waals surface area contributed by atoms with E-state index in [0.29, 0.717) is 4.60 Å². The first-order valence-electron chi connectivity index (χ1n) is 5.57. The fraction of sp³-hybridized carbons (Fsp3) is 0.0769. The first-order valence-corrected chi connectivity index (χ1v) is 6.74. The summed E-state index contributed by atoms with van der Waals surface area (Å²) in [6.07, 6.45) is -3.18. The van der Waals surface area contributed by atoms with Crippen LogP contribution in [0.1, 0.15) is 15.9 Å². The van der Waals surface area contributed by atoms with E-state index in [4.69, 9.17) is 11.6 Å². The molecule has 0 fully saturated rings. The summed E-state index contributed by atoms with van der Waals surface area (Å²) in [5.41, 5.74) is -0.733. The minimum Gasteiger partial charge on any atom is -0.322 e. The van der Waals surface area contributed by atoms with Gasteiger partial charge < -0.3 is 5.32 Å². The summed E-state index contributed by atoms with van der Waals surface area (Å²) in [5.74, 6) is -0.548. The van der Waals surface area contributed by atoms with Crippen LogP contribution in [0.2, 0.25) is 5.02 Å². The van der Waals surface area contributed by atoms with Gasteiger partial charge in [-0.25, -0.2) is 4.98 Å². The van der Waals surface area contributed by atoms with E-state index in [1.54, 1.807) is 0 Å². The number of amides is 1. The number of benzene rings is 1. The molecule has 0 bridgehead atoms. The third-order valence-electron chi connectivity index (χ3n) is 2.52. The molecule has 0 spiro atoms. The van der Waals surface area contributed by atoms with Crippen molar-refractivity contribution < 1.29 is 18.0 Å². The summed E-state index contributed by atoms with van der Waals surface area (Å²) in [6.45, 7) is 0. The van der Waals surface area contributed by atoms with Gasteiger partial charge >= 0.3 is 6.18 Å². The van der Waals surface area contributed by atoms with Gasteiger partial charge in [0.1, 0.15) is 4.60 Å². The molecule has 0 radical (unpaired) electrons. The normalized spacial score (nSPS) is 11.3. The second kappa shape index (κ2) is 6.03. The molecule has 1 N–H and O–H groups in total. The van der Waals surface area contributed by atoms with Crippen LogP contribution in [-0.4, -0.2) is 10.9 Å². The molecule has 1 aromatic carbocycles. The third kappa shape index (κ3) is 3.95. The highest BCUT2D eigenvalue weighted by atomic mass is 79.9. The summed E-state index contributed by atoms with van der Waals surface area (Å²) in [4.78, 5) is 15.8. The predicted octanol–water partition coefficient (Wildman–Crippen LogP) is 4.77. The first kappa shape index (κ1) is 15.8. The number of halogens is 5. The van der Waals surface area contributed by atoms with Gasteiger partial charge in [-0.2, -0.15) is 13.2 Å². The first-order chi connectivity index (χ1) is 9.77. The predicted molar refractivity (Wildman–Crippen MR) is 76.3 cm³/mol. The van der Waals surface area contributed by atoms with Crippen molar-refractivity contribution in [3.63, 3.8) is 0 Å². The van der Waals surface area contributed by atoms with Crippen molar-refractivity contribution in [3.8, 4) is 0 Å². The number of nitrogens with zero attached hydrogens (tertiary/aromatic N) is 1. The summed E-state index contributed by atoms with van der Waals surface area (Å²) < 4.78 is 38.6. The molecule has 21 heavy (non-hydrogen) atoms. The SMILES string of the molecule is O=C(Nc1ccc(Cl)c(C(F)(F)F)c1)c1ccnc(Br)c1. The quantitative estimate of drug-likeness (QED) is 0.764. The molecule has 0 saturated carbocycles. The van der Waals surface area contributed by atoms with Crippen LogP contribution in [0, 0.1) is 0 Å². The molecular weight excluding hydrogens is 373 g/mol. The Morgan fingerprint density at radius 2 is 1.95 bits per heavy atom. The monoisotopic (exact) mass is 378 g/mol. The lowest BCUT2D eigenvalue weighted by atomic mass is 10.2. The van der Waals surface area contributed by atoms with E-state index in [0.717, 1.165) is 12.1 Å². The van der Waals surface area contributed by atoms with Gasteiger partial charge in [-0.3, -0.25) is 4.79 Å². The van der Waals surface area contributed by atoms with E-state index in [1.807, 2.05) is 0 Å². The maximum absolute atomic E-state index is 12.7. The Morgan fingerprint density at radius 3 is 2.57 bits per heavy atom. The van der Waals surface area contributed by atoms with E-state index in [-0.39, 0.29) is 11.3 Å². The molecule has 0 aliphatic carbocycles. The van der Waals surface area contributed by atoms with Gasteiger partial charge in [0.05, 0.1) is 10.6 Å². The van der Waals surface area contributed by atoms with Gasteiger partial charge in [-0.15, -0.1) is 0 Å². The van der Waals surface area contributed by atoms with E-state index in [9.17, 15) is 18.0 Å². The summed E-state index contributed by atoms with van der Waals surface area (Å²) in [7, 11) is 0. The molecule has 110 valence electrons. The van der Waals surface area contributed by atoms with Crippen molar-refractivity contribution >= 4 is 39.1 Å². The summed E-state index contributed by atoms with van der Waals surface area (Å²) in [6, 6.07) is 6.07. The lowest BCUT2D eigenvalue weighted by Crippen LogP contribution is -2.13. The smallest absolute Gasteiger partial charge is 0.322 e. The van der Waals surface area contributed by atoms with Gasteiger partial charge in [0.15, 0.2) is 0 Å². The number of hydrogen-bond donors (Lipinski definition) is 1. The Morgan fingerprint density at radius 1 is 1.24 bits per heavy atom. The molecule has 0 aliphatic heterocycles. The lowest BCUT2D eigenvalue weighted by molar-refractivity contribution is -0.137. The van der Waals surface area contributed by atoms with Crippen molar-refractivity contribution in [1.29, 1.82) is 0 Å². The second-order valence-electron chi connectivity index (χ2n) is 4.01.